The molecule has 14 heavy (non-hydrogen) atoms. The predicted molar refractivity (Wildman–Crippen MR) is 50.5 cm³/mol. The Bertz CT molecular complexity index is 230. The molecule has 4 heteroatoms. The highest BCUT2D eigenvalue weighted by atomic mass is 16.6. The number of rotatable bonds is 5. The first-order chi connectivity index (χ1) is 6.49. The molecule has 0 saturated carbocycles. The molecule has 0 saturated heterocycles. The third-order valence-corrected chi connectivity index (χ3v) is 1.67. The van der Waals surface area contributed by atoms with Crippen LogP contribution in [0.1, 0.15) is 40.0 Å². The summed E-state index contributed by atoms with van der Waals surface area (Å²) < 4.78 is 4.35. The Morgan fingerprint density at radius 3 is 2.21 bits per heavy atom. The number of carbonyl (C=O) groups excluding carboxylic acids is 3. The second-order valence-electron chi connectivity index (χ2n) is 3.38. The molecule has 0 aliphatic carbocycles. The van der Waals surface area contributed by atoms with Gasteiger partial charge in [0.05, 0.1) is 0 Å². The summed E-state index contributed by atoms with van der Waals surface area (Å²) in [7, 11) is 0. The minimum Gasteiger partial charge on any atom is -0.387 e. The molecule has 80 valence electrons. The van der Waals surface area contributed by atoms with E-state index in [4.69, 9.17) is 0 Å². The van der Waals surface area contributed by atoms with Gasteiger partial charge in [-0.05, 0) is 6.42 Å². The fourth-order valence-corrected chi connectivity index (χ4v) is 0.762. The van der Waals surface area contributed by atoms with Crippen molar-refractivity contribution < 1.29 is 19.1 Å². The topological polar surface area (TPSA) is 60.4 Å². The van der Waals surface area contributed by atoms with E-state index in [2.05, 4.69) is 4.74 Å². The fraction of sp³-hybridized carbons (Fsp3) is 0.700. The number of ether oxygens (including phenoxy) is 1. The molecule has 0 rings (SSSR count). The van der Waals surface area contributed by atoms with Crippen LogP contribution in [0.4, 0.5) is 0 Å². The van der Waals surface area contributed by atoms with Crippen LogP contribution >= 0.6 is 0 Å². The normalized spacial score (nSPS) is 10.0. The average molecular weight is 200 g/mol. The average Bonchev–Trinajstić information content (AvgIpc) is 2.13. The van der Waals surface area contributed by atoms with Crippen LogP contribution in [-0.2, 0) is 19.1 Å². The number of hydrogen-bond donors (Lipinski definition) is 0. The van der Waals surface area contributed by atoms with Gasteiger partial charge in [0.2, 0.25) is 5.78 Å². The Kier molecular flexibility index (Phi) is 5.76. The third kappa shape index (κ3) is 4.74. The van der Waals surface area contributed by atoms with E-state index in [1.54, 1.807) is 13.8 Å². The van der Waals surface area contributed by atoms with Crippen molar-refractivity contribution in [1.82, 2.24) is 0 Å². The maximum atomic E-state index is 11.0. The molecule has 0 spiro atoms. The Labute approximate surface area is 83.6 Å². The molecular formula is C10H16O4. The van der Waals surface area contributed by atoms with Crippen LogP contribution in [0.15, 0.2) is 0 Å². The molecule has 0 aromatic heterocycles. The van der Waals surface area contributed by atoms with Crippen molar-refractivity contribution in [2.75, 3.05) is 0 Å². The van der Waals surface area contributed by atoms with Crippen molar-refractivity contribution in [3.05, 3.63) is 0 Å². The first kappa shape index (κ1) is 12.8. The lowest BCUT2D eigenvalue weighted by atomic mass is 10.1. The van der Waals surface area contributed by atoms with Crippen molar-refractivity contribution in [2.24, 2.45) is 5.92 Å². The number of ketones is 1. The van der Waals surface area contributed by atoms with Gasteiger partial charge in [-0.15, -0.1) is 0 Å². The number of hydrogen-bond acceptors (Lipinski definition) is 4. The summed E-state index contributed by atoms with van der Waals surface area (Å²) in [4.78, 5) is 32.9. The summed E-state index contributed by atoms with van der Waals surface area (Å²) in [5, 5.41) is 0. The van der Waals surface area contributed by atoms with Crippen LogP contribution in [0, 0.1) is 5.92 Å². The van der Waals surface area contributed by atoms with E-state index in [0.717, 1.165) is 6.42 Å². The summed E-state index contributed by atoms with van der Waals surface area (Å²) in [6, 6.07) is 0. The number of carbonyl (C=O) groups is 3. The molecule has 0 aromatic carbocycles. The van der Waals surface area contributed by atoms with Gasteiger partial charge >= 0.3 is 11.9 Å². The van der Waals surface area contributed by atoms with E-state index in [0.29, 0.717) is 6.42 Å². The quantitative estimate of drug-likeness (QED) is 0.383. The van der Waals surface area contributed by atoms with Crippen molar-refractivity contribution in [1.29, 1.82) is 0 Å². The van der Waals surface area contributed by atoms with Gasteiger partial charge < -0.3 is 4.74 Å². The van der Waals surface area contributed by atoms with Gasteiger partial charge in [-0.3, -0.25) is 9.59 Å². The molecule has 0 bridgehead atoms. The monoisotopic (exact) mass is 200 g/mol. The maximum absolute atomic E-state index is 11.0. The molecular weight excluding hydrogens is 184 g/mol. The first-order valence-electron chi connectivity index (χ1n) is 4.77. The van der Waals surface area contributed by atoms with Crippen LogP contribution in [0.5, 0.6) is 0 Å². The van der Waals surface area contributed by atoms with Crippen LogP contribution in [0.2, 0.25) is 0 Å². The summed E-state index contributed by atoms with van der Waals surface area (Å²) in [5.74, 6) is -2.75. The van der Waals surface area contributed by atoms with Crippen LogP contribution in [0.25, 0.3) is 0 Å². The Morgan fingerprint density at radius 2 is 1.79 bits per heavy atom. The second-order valence-corrected chi connectivity index (χ2v) is 3.38. The highest BCUT2D eigenvalue weighted by Crippen LogP contribution is 2.00. The number of esters is 2. The second kappa shape index (κ2) is 6.29. The molecule has 0 aliphatic rings. The van der Waals surface area contributed by atoms with Gasteiger partial charge in [-0.1, -0.05) is 27.2 Å². The first-order valence-corrected chi connectivity index (χ1v) is 4.77. The van der Waals surface area contributed by atoms with Gasteiger partial charge in [-0.2, -0.15) is 0 Å². The zero-order valence-electron chi connectivity index (χ0n) is 8.83. The lowest BCUT2D eigenvalue weighted by Gasteiger charge is -2.03. The zero-order valence-corrected chi connectivity index (χ0v) is 8.83. The lowest BCUT2D eigenvalue weighted by Crippen LogP contribution is -2.24. The highest BCUT2D eigenvalue weighted by molar-refractivity contribution is 6.35. The molecule has 0 heterocycles. The maximum Gasteiger partial charge on any atom is 0.382 e. The van der Waals surface area contributed by atoms with E-state index < -0.39 is 23.6 Å². The Morgan fingerprint density at radius 1 is 1.21 bits per heavy atom. The van der Waals surface area contributed by atoms with E-state index in [1.165, 1.54) is 0 Å². The standard InChI is InChI=1S/C10H16O4/c1-4-5-6-8(11)14-10(13)9(12)7(2)3/h7H,4-6H2,1-3H3. The molecule has 0 aromatic rings. The van der Waals surface area contributed by atoms with Gasteiger partial charge in [0, 0.05) is 12.3 Å². The van der Waals surface area contributed by atoms with Crippen LogP contribution in [0.3, 0.4) is 0 Å². The van der Waals surface area contributed by atoms with Crippen molar-refractivity contribution in [3.63, 3.8) is 0 Å². The summed E-state index contributed by atoms with van der Waals surface area (Å²) in [5.41, 5.74) is 0. The van der Waals surface area contributed by atoms with Crippen molar-refractivity contribution in [3.8, 4) is 0 Å². The molecule has 0 N–H and O–H groups in total. The highest BCUT2D eigenvalue weighted by Gasteiger charge is 2.21. The molecule has 0 atom stereocenters. The van der Waals surface area contributed by atoms with Crippen molar-refractivity contribution >= 4 is 17.7 Å². The number of unbranched alkanes of at least 4 members (excludes halogenated alkanes) is 1. The van der Waals surface area contributed by atoms with Gasteiger partial charge in [0.15, 0.2) is 0 Å². The minimum absolute atomic E-state index is 0.188. The molecule has 0 amide bonds. The zero-order chi connectivity index (χ0) is 11.1. The molecule has 0 aliphatic heterocycles. The molecule has 0 radical (unpaired) electrons. The largest absolute Gasteiger partial charge is 0.387 e. The van der Waals surface area contributed by atoms with Crippen molar-refractivity contribution in [2.45, 2.75) is 40.0 Å². The summed E-state index contributed by atoms with van der Waals surface area (Å²) >= 11 is 0. The SMILES string of the molecule is CCCCC(=O)OC(=O)C(=O)C(C)C. The van der Waals surface area contributed by atoms with Crippen LogP contribution in [-0.4, -0.2) is 17.7 Å². The van der Waals surface area contributed by atoms with E-state index in [-0.39, 0.29) is 6.42 Å². The summed E-state index contributed by atoms with van der Waals surface area (Å²) in [6.07, 6.45) is 1.71. The lowest BCUT2D eigenvalue weighted by molar-refractivity contribution is -0.165. The Balaban J connectivity index is 3.94. The van der Waals surface area contributed by atoms with E-state index in [9.17, 15) is 14.4 Å². The van der Waals surface area contributed by atoms with Gasteiger partial charge in [0.25, 0.3) is 0 Å². The third-order valence-electron chi connectivity index (χ3n) is 1.67. The molecule has 0 unspecified atom stereocenters. The number of Topliss-reactive ketones (excluding diaryl/α,β-unsaturated/α-hetero) is 1. The van der Waals surface area contributed by atoms with E-state index >= 15 is 0 Å². The van der Waals surface area contributed by atoms with Gasteiger partial charge in [-0.25, -0.2) is 4.79 Å². The molecule has 4 nitrogen and oxygen atoms in total. The summed E-state index contributed by atoms with van der Waals surface area (Å²) in [6.45, 7) is 5.09. The van der Waals surface area contributed by atoms with Gasteiger partial charge in [0.1, 0.15) is 0 Å². The molecule has 0 fully saturated rings. The Hall–Kier alpha value is -1.19. The smallest absolute Gasteiger partial charge is 0.382 e. The van der Waals surface area contributed by atoms with Crippen LogP contribution < -0.4 is 0 Å². The fourth-order valence-electron chi connectivity index (χ4n) is 0.762. The van der Waals surface area contributed by atoms with E-state index in [1.807, 2.05) is 6.92 Å². The minimum atomic E-state index is -1.04. The predicted octanol–water partition coefficient (Wildman–Crippen LogP) is 1.47.